The van der Waals surface area contributed by atoms with E-state index in [-0.39, 0.29) is 18.0 Å². The number of ether oxygens (including phenoxy) is 1. The minimum Gasteiger partial charge on any atom is -0.489 e. The Hall–Kier alpha value is -3.02. The lowest BCUT2D eigenvalue weighted by Gasteiger charge is -2.18. The van der Waals surface area contributed by atoms with Crippen LogP contribution >= 0.6 is 0 Å². The SMILES string of the molecule is CC(=O)NC1CCN(C(=O)Nc2cccc(OCc3ccccc3)c2)C1. The lowest BCUT2D eigenvalue weighted by Crippen LogP contribution is -2.38. The van der Waals surface area contributed by atoms with E-state index in [1.165, 1.54) is 6.92 Å². The van der Waals surface area contributed by atoms with E-state index in [0.29, 0.717) is 31.1 Å². The van der Waals surface area contributed by atoms with Crippen molar-refractivity contribution in [1.29, 1.82) is 0 Å². The van der Waals surface area contributed by atoms with Gasteiger partial charge in [-0.3, -0.25) is 4.79 Å². The summed E-state index contributed by atoms with van der Waals surface area (Å²) in [5, 5.41) is 5.74. The molecule has 1 saturated heterocycles. The third-order valence-electron chi connectivity index (χ3n) is 4.22. The molecule has 3 amide bonds. The van der Waals surface area contributed by atoms with Gasteiger partial charge in [-0.05, 0) is 24.1 Å². The van der Waals surface area contributed by atoms with Gasteiger partial charge in [0.25, 0.3) is 0 Å². The quantitative estimate of drug-likeness (QED) is 0.868. The number of carbonyl (C=O) groups excluding carboxylic acids is 2. The Morgan fingerprint density at radius 2 is 1.96 bits per heavy atom. The highest BCUT2D eigenvalue weighted by Gasteiger charge is 2.26. The third kappa shape index (κ3) is 4.99. The van der Waals surface area contributed by atoms with Crippen LogP contribution < -0.4 is 15.4 Å². The molecule has 0 aromatic heterocycles. The molecule has 1 unspecified atom stereocenters. The monoisotopic (exact) mass is 353 g/mol. The Bertz CT molecular complexity index is 764. The number of rotatable bonds is 5. The van der Waals surface area contributed by atoms with Crippen LogP contribution in [-0.4, -0.2) is 36.0 Å². The number of hydrogen-bond donors (Lipinski definition) is 2. The molecule has 3 rings (SSSR count). The summed E-state index contributed by atoms with van der Waals surface area (Å²) in [5.41, 5.74) is 1.77. The van der Waals surface area contributed by atoms with E-state index in [1.807, 2.05) is 54.6 Å². The second kappa shape index (κ2) is 8.38. The van der Waals surface area contributed by atoms with Crippen molar-refractivity contribution in [3.05, 3.63) is 60.2 Å². The van der Waals surface area contributed by atoms with Gasteiger partial charge in [0.2, 0.25) is 5.91 Å². The Labute approximate surface area is 153 Å². The first-order valence-electron chi connectivity index (χ1n) is 8.70. The molecule has 2 aromatic carbocycles. The number of likely N-dealkylation sites (tertiary alicyclic amines) is 1. The van der Waals surface area contributed by atoms with Crippen molar-refractivity contribution in [3.8, 4) is 5.75 Å². The van der Waals surface area contributed by atoms with Crippen LogP contribution in [0.3, 0.4) is 0 Å². The first kappa shape index (κ1) is 17.8. The van der Waals surface area contributed by atoms with Gasteiger partial charge in [0.05, 0.1) is 0 Å². The van der Waals surface area contributed by atoms with Gasteiger partial charge in [0.1, 0.15) is 12.4 Å². The third-order valence-corrected chi connectivity index (χ3v) is 4.22. The Balaban J connectivity index is 1.53. The van der Waals surface area contributed by atoms with E-state index < -0.39 is 0 Å². The first-order chi connectivity index (χ1) is 12.6. The number of carbonyl (C=O) groups is 2. The maximum Gasteiger partial charge on any atom is 0.321 e. The lowest BCUT2D eigenvalue weighted by molar-refractivity contribution is -0.119. The van der Waals surface area contributed by atoms with Gasteiger partial charge in [-0.2, -0.15) is 0 Å². The molecule has 0 bridgehead atoms. The Morgan fingerprint density at radius 3 is 2.73 bits per heavy atom. The molecule has 26 heavy (non-hydrogen) atoms. The number of benzene rings is 2. The summed E-state index contributed by atoms with van der Waals surface area (Å²) < 4.78 is 5.79. The van der Waals surface area contributed by atoms with Crippen molar-refractivity contribution in [2.75, 3.05) is 18.4 Å². The Kier molecular flexibility index (Phi) is 5.73. The second-order valence-corrected chi connectivity index (χ2v) is 6.36. The summed E-state index contributed by atoms with van der Waals surface area (Å²) in [5.74, 6) is 0.629. The summed E-state index contributed by atoms with van der Waals surface area (Å²) in [7, 11) is 0. The fraction of sp³-hybridized carbons (Fsp3) is 0.300. The van der Waals surface area contributed by atoms with Gasteiger partial charge < -0.3 is 20.3 Å². The molecule has 2 N–H and O–H groups in total. The number of amides is 3. The zero-order chi connectivity index (χ0) is 18.4. The molecular weight excluding hydrogens is 330 g/mol. The minimum atomic E-state index is -0.168. The standard InChI is InChI=1S/C20H23N3O3/c1-15(24)21-18-10-11-23(13-18)20(25)22-17-8-5-9-19(12-17)26-14-16-6-3-2-4-7-16/h2-9,12,18H,10-11,13-14H2,1H3,(H,21,24)(H,22,25). The number of urea groups is 1. The normalized spacial score (nSPS) is 16.2. The molecule has 1 fully saturated rings. The van der Waals surface area contributed by atoms with Gasteiger partial charge in [-0.25, -0.2) is 4.79 Å². The van der Waals surface area contributed by atoms with E-state index in [1.54, 1.807) is 4.90 Å². The lowest BCUT2D eigenvalue weighted by atomic mass is 10.2. The van der Waals surface area contributed by atoms with E-state index in [2.05, 4.69) is 10.6 Å². The smallest absolute Gasteiger partial charge is 0.321 e. The van der Waals surface area contributed by atoms with Crippen LogP contribution in [0.25, 0.3) is 0 Å². The largest absolute Gasteiger partial charge is 0.489 e. The van der Waals surface area contributed by atoms with Crippen molar-refractivity contribution in [1.82, 2.24) is 10.2 Å². The van der Waals surface area contributed by atoms with Crippen LogP contribution in [-0.2, 0) is 11.4 Å². The second-order valence-electron chi connectivity index (χ2n) is 6.36. The summed E-state index contributed by atoms with van der Waals surface area (Å²) in [4.78, 5) is 25.2. The van der Waals surface area contributed by atoms with Crippen LogP contribution in [0.1, 0.15) is 18.9 Å². The van der Waals surface area contributed by atoms with Gasteiger partial charge in [-0.1, -0.05) is 36.4 Å². The predicted molar refractivity (Wildman–Crippen MR) is 100 cm³/mol. The van der Waals surface area contributed by atoms with Crippen LogP contribution in [0, 0.1) is 0 Å². The molecule has 0 aliphatic carbocycles. The maximum atomic E-state index is 12.4. The predicted octanol–water partition coefficient (Wildman–Crippen LogP) is 3.01. The van der Waals surface area contributed by atoms with Crippen molar-refractivity contribution in [3.63, 3.8) is 0 Å². The molecule has 0 spiro atoms. The van der Waals surface area contributed by atoms with E-state index in [0.717, 1.165) is 12.0 Å². The minimum absolute atomic E-state index is 0.0267. The van der Waals surface area contributed by atoms with Crippen molar-refractivity contribution >= 4 is 17.6 Å². The zero-order valence-corrected chi connectivity index (χ0v) is 14.8. The summed E-state index contributed by atoms with van der Waals surface area (Å²) in [6.45, 7) is 3.11. The molecule has 0 saturated carbocycles. The van der Waals surface area contributed by atoms with Gasteiger partial charge in [0, 0.05) is 37.8 Å². The van der Waals surface area contributed by atoms with Crippen LogP contribution in [0.15, 0.2) is 54.6 Å². The average molecular weight is 353 g/mol. The molecule has 6 heteroatoms. The van der Waals surface area contributed by atoms with Gasteiger partial charge in [-0.15, -0.1) is 0 Å². The topological polar surface area (TPSA) is 70.7 Å². The highest BCUT2D eigenvalue weighted by atomic mass is 16.5. The summed E-state index contributed by atoms with van der Waals surface area (Å²) in [6.07, 6.45) is 0.771. The number of anilines is 1. The highest BCUT2D eigenvalue weighted by molar-refractivity contribution is 5.89. The van der Waals surface area contributed by atoms with Gasteiger partial charge >= 0.3 is 6.03 Å². The molecular formula is C20H23N3O3. The summed E-state index contributed by atoms with van der Waals surface area (Å²) >= 11 is 0. The van der Waals surface area contributed by atoms with Crippen LogP contribution in [0.4, 0.5) is 10.5 Å². The average Bonchev–Trinajstić information content (AvgIpc) is 3.09. The zero-order valence-electron chi connectivity index (χ0n) is 14.8. The van der Waals surface area contributed by atoms with Crippen molar-refractivity contribution < 1.29 is 14.3 Å². The first-order valence-corrected chi connectivity index (χ1v) is 8.70. The van der Waals surface area contributed by atoms with Crippen molar-refractivity contribution in [2.24, 2.45) is 0 Å². The molecule has 2 aromatic rings. The molecule has 1 atom stereocenters. The molecule has 1 aliphatic heterocycles. The van der Waals surface area contributed by atoms with E-state index >= 15 is 0 Å². The summed E-state index contributed by atoms with van der Waals surface area (Å²) in [6, 6.07) is 17.1. The number of nitrogens with one attached hydrogen (secondary N) is 2. The van der Waals surface area contributed by atoms with Gasteiger partial charge in [0.15, 0.2) is 0 Å². The molecule has 6 nitrogen and oxygen atoms in total. The molecule has 1 aliphatic rings. The Morgan fingerprint density at radius 1 is 1.15 bits per heavy atom. The number of hydrogen-bond acceptors (Lipinski definition) is 3. The van der Waals surface area contributed by atoms with Crippen molar-refractivity contribution in [2.45, 2.75) is 26.0 Å². The fourth-order valence-electron chi connectivity index (χ4n) is 2.96. The van der Waals surface area contributed by atoms with E-state index in [9.17, 15) is 9.59 Å². The molecule has 0 radical (unpaired) electrons. The van der Waals surface area contributed by atoms with Crippen LogP contribution in [0.2, 0.25) is 0 Å². The van der Waals surface area contributed by atoms with Crippen LogP contribution in [0.5, 0.6) is 5.75 Å². The highest BCUT2D eigenvalue weighted by Crippen LogP contribution is 2.20. The number of nitrogens with zero attached hydrogens (tertiary/aromatic N) is 1. The molecule has 1 heterocycles. The maximum absolute atomic E-state index is 12.4. The molecule has 136 valence electrons. The van der Waals surface area contributed by atoms with E-state index in [4.69, 9.17) is 4.74 Å². The fourth-order valence-corrected chi connectivity index (χ4v) is 2.96.